The highest BCUT2D eigenvalue weighted by Gasteiger charge is 2.28. The van der Waals surface area contributed by atoms with Crippen LogP contribution in [0.3, 0.4) is 0 Å². The van der Waals surface area contributed by atoms with Crippen LogP contribution in [0.25, 0.3) is 28.0 Å². The molecule has 4 heteroatoms. The highest BCUT2D eigenvalue weighted by atomic mass is 16.5. The van der Waals surface area contributed by atoms with Crippen molar-refractivity contribution in [2.75, 3.05) is 13.2 Å². The molecule has 0 aliphatic heterocycles. The summed E-state index contributed by atoms with van der Waals surface area (Å²) in [5, 5.41) is 5.04. The van der Waals surface area contributed by atoms with E-state index in [-0.39, 0.29) is 5.92 Å². The zero-order chi connectivity index (χ0) is 21.0. The molecule has 0 unspecified atom stereocenters. The minimum absolute atomic E-state index is 0.0666. The van der Waals surface area contributed by atoms with Gasteiger partial charge in [-0.15, -0.1) is 0 Å². The molecule has 1 N–H and O–H groups in total. The van der Waals surface area contributed by atoms with Gasteiger partial charge in [0.15, 0.2) is 0 Å². The normalized spacial score (nSPS) is 12.6. The molecule has 4 aromatic rings. The number of amides is 1. The molecule has 5 rings (SSSR count). The van der Waals surface area contributed by atoms with Crippen LogP contribution in [-0.2, 0) is 4.74 Å². The van der Waals surface area contributed by atoms with E-state index in [1.807, 2.05) is 60.8 Å². The number of benzene rings is 3. The maximum atomic E-state index is 12.3. The van der Waals surface area contributed by atoms with E-state index in [0.29, 0.717) is 13.2 Å². The molecular formula is C27H22N2O2. The monoisotopic (exact) mass is 406 g/mol. The summed E-state index contributed by atoms with van der Waals surface area (Å²) in [5.41, 5.74) is 5.93. The summed E-state index contributed by atoms with van der Waals surface area (Å²) in [6.45, 7) is 0.714. The second-order valence-electron chi connectivity index (χ2n) is 7.55. The molecular weight excluding hydrogens is 384 g/mol. The number of carbonyl (C=O) groups is 1. The van der Waals surface area contributed by atoms with E-state index in [4.69, 9.17) is 4.74 Å². The number of rotatable bonds is 5. The SMILES string of the molecule is O=C(NCC=Cc1cccc2ccncc12)OCC1c2ccccc2-c2ccccc21. The third kappa shape index (κ3) is 3.80. The number of carbonyl (C=O) groups excluding carboxylic acids is 1. The van der Waals surface area contributed by atoms with Gasteiger partial charge in [0.25, 0.3) is 0 Å². The third-order valence-electron chi connectivity index (χ3n) is 5.72. The Balaban J connectivity index is 1.20. The van der Waals surface area contributed by atoms with Crippen LogP contribution in [0.4, 0.5) is 4.79 Å². The Bertz CT molecular complexity index is 1230. The molecule has 4 nitrogen and oxygen atoms in total. The molecule has 1 aromatic heterocycles. The Morgan fingerprint density at radius 1 is 0.935 bits per heavy atom. The lowest BCUT2D eigenvalue weighted by atomic mass is 9.98. The van der Waals surface area contributed by atoms with Crippen LogP contribution in [0.15, 0.2) is 91.3 Å². The van der Waals surface area contributed by atoms with Gasteiger partial charge in [-0.25, -0.2) is 4.79 Å². The highest BCUT2D eigenvalue weighted by Crippen LogP contribution is 2.44. The lowest BCUT2D eigenvalue weighted by Crippen LogP contribution is -2.26. The maximum absolute atomic E-state index is 12.3. The first-order valence-electron chi connectivity index (χ1n) is 10.4. The Hall–Kier alpha value is -3.92. The van der Waals surface area contributed by atoms with Crippen LogP contribution >= 0.6 is 0 Å². The van der Waals surface area contributed by atoms with E-state index in [0.717, 1.165) is 16.3 Å². The number of aromatic nitrogens is 1. The van der Waals surface area contributed by atoms with E-state index in [9.17, 15) is 4.79 Å². The number of nitrogens with one attached hydrogen (secondary N) is 1. The first-order valence-corrected chi connectivity index (χ1v) is 10.4. The van der Waals surface area contributed by atoms with E-state index in [2.05, 4.69) is 40.6 Å². The fraction of sp³-hybridized carbons (Fsp3) is 0.111. The van der Waals surface area contributed by atoms with Gasteiger partial charge in [0.1, 0.15) is 6.61 Å². The number of nitrogens with zero attached hydrogens (tertiary/aromatic N) is 1. The van der Waals surface area contributed by atoms with Crippen LogP contribution in [0.1, 0.15) is 22.6 Å². The van der Waals surface area contributed by atoms with Crippen molar-refractivity contribution >= 4 is 22.9 Å². The average molecular weight is 406 g/mol. The molecule has 0 saturated carbocycles. The molecule has 0 saturated heterocycles. The fourth-order valence-electron chi connectivity index (χ4n) is 4.26. The molecule has 0 radical (unpaired) electrons. The largest absolute Gasteiger partial charge is 0.449 e. The Morgan fingerprint density at radius 3 is 2.45 bits per heavy atom. The van der Waals surface area contributed by atoms with E-state index in [1.165, 1.54) is 22.3 Å². The molecule has 3 aromatic carbocycles. The van der Waals surface area contributed by atoms with Gasteiger partial charge in [0.2, 0.25) is 0 Å². The van der Waals surface area contributed by atoms with Crippen molar-refractivity contribution in [2.24, 2.45) is 0 Å². The van der Waals surface area contributed by atoms with Gasteiger partial charge in [0.05, 0.1) is 0 Å². The second-order valence-corrected chi connectivity index (χ2v) is 7.55. The minimum atomic E-state index is -0.411. The van der Waals surface area contributed by atoms with Crippen molar-refractivity contribution in [1.29, 1.82) is 0 Å². The van der Waals surface area contributed by atoms with Crippen LogP contribution < -0.4 is 5.32 Å². The Morgan fingerprint density at radius 2 is 1.68 bits per heavy atom. The van der Waals surface area contributed by atoms with Crippen molar-refractivity contribution in [3.05, 3.63) is 108 Å². The van der Waals surface area contributed by atoms with Crippen molar-refractivity contribution < 1.29 is 9.53 Å². The molecule has 1 aliphatic rings. The second kappa shape index (κ2) is 8.44. The molecule has 152 valence electrons. The van der Waals surface area contributed by atoms with Gasteiger partial charge in [-0.3, -0.25) is 4.98 Å². The molecule has 1 aliphatic carbocycles. The molecule has 0 spiro atoms. The van der Waals surface area contributed by atoms with Gasteiger partial charge in [-0.05, 0) is 39.3 Å². The van der Waals surface area contributed by atoms with Crippen LogP contribution in [0.5, 0.6) is 0 Å². The van der Waals surface area contributed by atoms with Crippen LogP contribution in [0.2, 0.25) is 0 Å². The van der Waals surface area contributed by atoms with Crippen molar-refractivity contribution in [3.8, 4) is 11.1 Å². The lowest BCUT2D eigenvalue weighted by Gasteiger charge is -2.14. The van der Waals surface area contributed by atoms with Gasteiger partial charge >= 0.3 is 6.09 Å². The molecule has 1 amide bonds. The number of hydrogen-bond donors (Lipinski definition) is 1. The zero-order valence-corrected chi connectivity index (χ0v) is 17.0. The Labute approximate surface area is 181 Å². The van der Waals surface area contributed by atoms with Gasteiger partial charge in [-0.1, -0.05) is 78.9 Å². The topological polar surface area (TPSA) is 51.2 Å². The number of hydrogen-bond acceptors (Lipinski definition) is 3. The first-order chi connectivity index (χ1) is 15.3. The van der Waals surface area contributed by atoms with Crippen LogP contribution in [0, 0.1) is 0 Å². The first kappa shape index (κ1) is 19.1. The summed E-state index contributed by atoms with van der Waals surface area (Å²) < 4.78 is 5.57. The third-order valence-corrected chi connectivity index (χ3v) is 5.72. The molecule has 0 bridgehead atoms. The van der Waals surface area contributed by atoms with Crippen molar-refractivity contribution in [3.63, 3.8) is 0 Å². The summed E-state index contributed by atoms with van der Waals surface area (Å²) in [4.78, 5) is 16.5. The smallest absolute Gasteiger partial charge is 0.407 e. The zero-order valence-electron chi connectivity index (χ0n) is 17.0. The van der Waals surface area contributed by atoms with Gasteiger partial charge in [0, 0.05) is 30.2 Å². The number of pyridine rings is 1. The lowest BCUT2D eigenvalue weighted by molar-refractivity contribution is 0.144. The molecule has 31 heavy (non-hydrogen) atoms. The molecule has 0 fully saturated rings. The summed E-state index contributed by atoms with van der Waals surface area (Å²) in [7, 11) is 0. The average Bonchev–Trinajstić information content (AvgIpc) is 3.14. The fourth-order valence-corrected chi connectivity index (χ4v) is 4.26. The Kier molecular flexibility index (Phi) is 5.19. The van der Waals surface area contributed by atoms with Crippen LogP contribution in [-0.4, -0.2) is 24.2 Å². The quantitative estimate of drug-likeness (QED) is 0.457. The predicted molar refractivity (Wildman–Crippen MR) is 124 cm³/mol. The summed E-state index contributed by atoms with van der Waals surface area (Å²) in [6.07, 6.45) is 7.14. The molecule has 1 heterocycles. The predicted octanol–water partition coefficient (Wildman–Crippen LogP) is 5.79. The van der Waals surface area contributed by atoms with Gasteiger partial charge < -0.3 is 10.1 Å². The number of fused-ring (bicyclic) bond motifs is 4. The summed E-state index contributed by atoms with van der Waals surface area (Å²) in [6, 6.07) is 24.7. The number of ether oxygens (including phenoxy) is 1. The highest BCUT2D eigenvalue weighted by molar-refractivity contribution is 5.89. The van der Waals surface area contributed by atoms with E-state index in [1.54, 1.807) is 6.20 Å². The van der Waals surface area contributed by atoms with E-state index >= 15 is 0 Å². The van der Waals surface area contributed by atoms with Gasteiger partial charge in [-0.2, -0.15) is 0 Å². The van der Waals surface area contributed by atoms with Crippen molar-refractivity contribution in [1.82, 2.24) is 10.3 Å². The van der Waals surface area contributed by atoms with Crippen molar-refractivity contribution in [2.45, 2.75) is 5.92 Å². The standard InChI is InChI=1S/C27H22N2O2/c30-27(29-15-6-9-19-7-5-8-20-14-16-28-17-25(19)20)31-18-26-23-12-3-1-10-21(23)22-11-2-4-13-24(22)26/h1-14,16-17,26H,15,18H2,(H,29,30). The van der Waals surface area contributed by atoms with E-state index < -0.39 is 6.09 Å². The number of alkyl carbamates (subject to hydrolysis) is 1. The summed E-state index contributed by atoms with van der Waals surface area (Å²) in [5.74, 6) is 0.0666. The minimum Gasteiger partial charge on any atom is -0.449 e. The molecule has 0 atom stereocenters. The summed E-state index contributed by atoms with van der Waals surface area (Å²) >= 11 is 0. The maximum Gasteiger partial charge on any atom is 0.407 e.